The molecule has 0 atom stereocenters. The predicted octanol–water partition coefficient (Wildman–Crippen LogP) is 2.16. The van der Waals surface area contributed by atoms with E-state index in [2.05, 4.69) is 5.10 Å². The van der Waals surface area contributed by atoms with Gasteiger partial charge in [0.2, 0.25) is 0 Å². The molecule has 0 fully saturated rings. The molecule has 0 aliphatic rings. The number of hydrogen-bond donors (Lipinski definition) is 0. The smallest absolute Gasteiger partial charge is 0.318 e. The molecule has 100 valence electrons. The first-order valence-electron chi connectivity index (χ1n) is 5.71. The van der Waals surface area contributed by atoms with Crippen LogP contribution in [-0.2, 0) is 12.5 Å². The van der Waals surface area contributed by atoms with Gasteiger partial charge in [0.05, 0.1) is 4.92 Å². The lowest BCUT2D eigenvalue weighted by atomic mass is 9.91. The van der Waals surface area contributed by atoms with E-state index in [0.717, 1.165) is 0 Å². The molecule has 6 heteroatoms. The molecule has 0 unspecified atom stereocenters. The summed E-state index contributed by atoms with van der Waals surface area (Å²) in [5.74, 6) is 0. The molecule has 0 aliphatic heterocycles. The summed E-state index contributed by atoms with van der Waals surface area (Å²) >= 11 is 0. The Morgan fingerprint density at radius 1 is 1.39 bits per heavy atom. The summed E-state index contributed by atoms with van der Waals surface area (Å²) in [7, 11) is 5.45. The van der Waals surface area contributed by atoms with Crippen LogP contribution in [-0.4, -0.2) is 33.7 Å². The van der Waals surface area contributed by atoms with E-state index in [1.165, 1.54) is 0 Å². The van der Waals surface area contributed by atoms with Gasteiger partial charge in [0, 0.05) is 32.8 Å². The Morgan fingerprint density at radius 3 is 2.33 bits per heavy atom. The van der Waals surface area contributed by atoms with E-state index < -0.39 is 0 Å². The van der Waals surface area contributed by atoms with Gasteiger partial charge in [0.25, 0.3) is 0 Å². The quantitative estimate of drug-likeness (QED) is 0.611. The van der Waals surface area contributed by atoms with Crippen molar-refractivity contribution in [1.29, 1.82) is 0 Å². The molecule has 0 saturated carbocycles. The zero-order valence-corrected chi connectivity index (χ0v) is 11.8. The van der Waals surface area contributed by atoms with Crippen LogP contribution in [0.15, 0.2) is 6.20 Å². The lowest BCUT2D eigenvalue weighted by Crippen LogP contribution is -2.14. The van der Waals surface area contributed by atoms with Gasteiger partial charge in [-0.2, -0.15) is 5.10 Å². The minimum atomic E-state index is -0.358. The molecule has 18 heavy (non-hydrogen) atoms. The van der Waals surface area contributed by atoms with Crippen LogP contribution < -0.4 is 0 Å². The average Bonchev–Trinajstić information content (AvgIpc) is 2.52. The van der Waals surface area contributed by atoms with Gasteiger partial charge in [0.15, 0.2) is 0 Å². The van der Waals surface area contributed by atoms with Crippen LogP contribution in [0.2, 0.25) is 0 Å². The number of aromatic nitrogens is 2. The molecule has 1 heterocycles. The highest BCUT2D eigenvalue weighted by atomic mass is 16.6. The minimum absolute atomic E-state index is 0.0862. The van der Waals surface area contributed by atoms with Crippen molar-refractivity contribution in [1.82, 2.24) is 14.7 Å². The first-order valence-corrected chi connectivity index (χ1v) is 5.71. The van der Waals surface area contributed by atoms with Crippen molar-refractivity contribution in [3.63, 3.8) is 0 Å². The van der Waals surface area contributed by atoms with Gasteiger partial charge in [-0.1, -0.05) is 20.8 Å². The fraction of sp³-hybridized carbons (Fsp3) is 0.583. The third-order valence-electron chi connectivity index (χ3n) is 2.49. The first-order chi connectivity index (χ1) is 8.14. The van der Waals surface area contributed by atoms with E-state index in [4.69, 9.17) is 0 Å². The monoisotopic (exact) mass is 252 g/mol. The van der Waals surface area contributed by atoms with E-state index in [1.54, 1.807) is 24.0 Å². The lowest BCUT2D eigenvalue weighted by molar-refractivity contribution is -0.386. The zero-order valence-electron chi connectivity index (χ0n) is 11.8. The molecule has 0 aliphatic carbocycles. The number of rotatable bonds is 3. The second-order valence-corrected chi connectivity index (χ2v) is 5.49. The van der Waals surface area contributed by atoms with Crippen LogP contribution in [0.5, 0.6) is 0 Å². The molecule has 1 aromatic rings. The first kappa shape index (κ1) is 14.2. The van der Waals surface area contributed by atoms with Gasteiger partial charge < -0.3 is 4.90 Å². The maximum Gasteiger partial charge on any atom is 0.318 e. The highest BCUT2D eigenvalue weighted by Gasteiger charge is 2.32. The Bertz CT molecular complexity index is 481. The summed E-state index contributed by atoms with van der Waals surface area (Å²) in [5, 5.41) is 15.5. The predicted molar refractivity (Wildman–Crippen MR) is 71.3 cm³/mol. The maximum absolute atomic E-state index is 11.3. The van der Waals surface area contributed by atoms with E-state index in [9.17, 15) is 10.1 Å². The summed E-state index contributed by atoms with van der Waals surface area (Å²) in [6.45, 7) is 5.76. The Balaban J connectivity index is 3.43. The Hall–Kier alpha value is -1.85. The molecule has 0 amide bonds. The molecule has 6 nitrogen and oxygen atoms in total. The Morgan fingerprint density at radius 2 is 1.94 bits per heavy atom. The van der Waals surface area contributed by atoms with Crippen LogP contribution in [0.1, 0.15) is 32.2 Å². The van der Waals surface area contributed by atoms with Crippen LogP contribution in [0.25, 0.3) is 6.08 Å². The third-order valence-corrected chi connectivity index (χ3v) is 2.49. The van der Waals surface area contributed by atoms with Gasteiger partial charge in [-0.3, -0.25) is 14.8 Å². The van der Waals surface area contributed by atoms with Gasteiger partial charge >= 0.3 is 5.69 Å². The summed E-state index contributed by atoms with van der Waals surface area (Å²) in [6.07, 6.45) is 3.48. The minimum Gasteiger partial charge on any atom is -0.383 e. The van der Waals surface area contributed by atoms with Gasteiger partial charge in [-0.15, -0.1) is 0 Å². The standard InChI is InChI=1S/C12H20N4O2/c1-12(2,3)11-10(16(17)18)9(15(6)13-11)7-8-14(4)5/h7-8H,1-6H3/b8-7-. The van der Waals surface area contributed by atoms with Gasteiger partial charge in [-0.25, -0.2) is 0 Å². The van der Waals surface area contributed by atoms with Crippen molar-refractivity contribution < 1.29 is 4.92 Å². The third kappa shape index (κ3) is 2.88. The fourth-order valence-corrected chi connectivity index (χ4v) is 1.62. The highest BCUT2D eigenvalue weighted by molar-refractivity contribution is 5.60. The molecule has 0 bridgehead atoms. The number of aryl methyl sites for hydroxylation is 1. The summed E-state index contributed by atoms with van der Waals surface area (Å²) < 4.78 is 1.55. The Labute approximate surface area is 107 Å². The van der Waals surface area contributed by atoms with Crippen LogP contribution >= 0.6 is 0 Å². The lowest BCUT2D eigenvalue weighted by Gasteiger charge is -2.13. The average molecular weight is 252 g/mol. The topological polar surface area (TPSA) is 64.2 Å². The molecule has 1 aromatic heterocycles. The van der Waals surface area contributed by atoms with Crippen molar-refractivity contribution in [2.24, 2.45) is 7.05 Å². The Kier molecular flexibility index (Phi) is 3.79. The van der Waals surface area contributed by atoms with Crippen molar-refractivity contribution in [3.05, 3.63) is 27.7 Å². The number of nitro groups is 1. The van der Waals surface area contributed by atoms with Crippen molar-refractivity contribution >= 4 is 11.8 Å². The maximum atomic E-state index is 11.3. The molecular weight excluding hydrogens is 232 g/mol. The zero-order chi connectivity index (χ0) is 14.1. The van der Waals surface area contributed by atoms with Crippen molar-refractivity contribution in [2.45, 2.75) is 26.2 Å². The molecule has 0 saturated heterocycles. The van der Waals surface area contributed by atoms with E-state index >= 15 is 0 Å². The normalized spacial score (nSPS) is 12.1. The van der Waals surface area contributed by atoms with Crippen LogP contribution in [0.3, 0.4) is 0 Å². The SMILES string of the molecule is CN(C)/C=C\c1c([N+](=O)[O-])c(C(C)(C)C)nn1C. The highest BCUT2D eigenvalue weighted by Crippen LogP contribution is 2.33. The second-order valence-electron chi connectivity index (χ2n) is 5.49. The summed E-state index contributed by atoms with van der Waals surface area (Å²) in [6, 6.07) is 0. The van der Waals surface area contributed by atoms with Crippen molar-refractivity contribution in [2.75, 3.05) is 14.1 Å². The molecule has 1 rings (SSSR count). The van der Waals surface area contributed by atoms with E-state index in [0.29, 0.717) is 11.4 Å². The van der Waals surface area contributed by atoms with E-state index in [-0.39, 0.29) is 16.0 Å². The summed E-state index contributed by atoms with van der Waals surface area (Å²) in [4.78, 5) is 12.7. The fourth-order valence-electron chi connectivity index (χ4n) is 1.62. The molecular formula is C12H20N4O2. The molecule has 0 N–H and O–H groups in total. The van der Waals surface area contributed by atoms with Gasteiger partial charge in [0.1, 0.15) is 11.4 Å². The van der Waals surface area contributed by atoms with E-state index in [1.807, 2.05) is 39.8 Å². The molecule has 0 spiro atoms. The molecule has 0 aromatic carbocycles. The van der Waals surface area contributed by atoms with Crippen LogP contribution in [0.4, 0.5) is 5.69 Å². The molecule has 0 radical (unpaired) electrons. The number of nitrogens with zero attached hydrogens (tertiary/aromatic N) is 4. The number of hydrogen-bond acceptors (Lipinski definition) is 4. The van der Waals surface area contributed by atoms with Crippen LogP contribution in [0, 0.1) is 10.1 Å². The van der Waals surface area contributed by atoms with Gasteiger partial charge in [-0.05, 0) is 6.08 Å². The largest absolute Gasteiger partial charge is 0.383 e. The summed E-state index contributed by atoms with van der Waals surface area (Å²) in [5.41, 5.74) is 0.750. The van der Waals surface area contributed by atoms with Crippen molar-refractivity contribution in [3.8, 4) is 0 Å². The second kappa shape index (κ2) is 4.80.